The van der Waals surface area contributed by atoms with Gasteiger partial charge in [0, 0.05) is 17.5 Å². The van der Waals surface area contributed by atoms with Crippen LogP contribution in [0.15, 0.2) is 36.5 Å². The lowest BCUT2D eigenvalue weighted by Gasteiger charge is -1.95. The lowest BCUT2D eigenvalue weighted by atomic mass is 10.1. The second kappa shape index (κ2) is 4.98. The summed E-state index contributed by atoms with van der Waals surface area (Å²) >= 11 is 1.55. The minimum absolute atomic E-state index is 0. The molecule has 0 fully saturated rings. The maximum absolute atomic E-state index is 5.54. The summed E-state index contributed by atoms with van der Waals surface area (Å²) in [6.45, 7) is 0. The van der Waals surface area contributed by atoms with Crippen LogP contribution in [0.2, 0.25) is 0 Å². The molecule has 1 aromatic carbocycles. The van der Waals surface area contributed by atoms with Gasteiger partial charge in [0.25, 0.3) is 0 Å². The molecule has 0 atom stereocenters. The van der Waals surface area contributed by atoms with Crippen molar-refractivity contribution >= 4 is 28.9 Å². The Kier molecular flexibility index (Phi) is 3.92. The molecule has 0 spiro atoms. The highest BCUT2D eigenvalue weighted by molar-refractivity contribution is 7.15. The molecule has 2 aromatic rings. The van der Waals surface area contributed by atoms with Crippen molar-refractivity contribution < 1.29 is 0 Å². The standard InChI is InChI=1S/C10H10N2S.ClH/c11-10-12-7-9(13-10)6-8-4-2-1-3-5-8;/h1-5,7H,6H2,(H2,11,12);1H. The van der Waals surface area contributed by atoms with Crippen molar-refractivity contribution in [1.82, 2.24) is 4.98 Å². The largest absolute Gasteiger partial charge is 0.375 e. The Labute approximate surface area is 93.2 Å². The van der Waals surface area contributed by atoms with Gasteiger partial charge in [-0.15, -0.1) is 23.7 Å². The molecule has 2 N–H and O–H groups in total. The van der Waals surface area contributed by atoms with Gasteiger partial charge in [0.1, 0.15) is 0 Å². The zero-order valence-corrected chi connectivity index (χ0v) is 9.15. The molecule has 0 aliphatic rings. The lowest BCUT2D eigenvalue weighted by Crippen LogP contribution is -1.82. The normalized spacial score (nSPS) is 9.43. The maximum Gasteiger partial charge on any atom is 0.180 e. The van der Waals surface area contributed by atoms with Crippen LogP contribution in [-0.4, -0.2) is 4.98 Å². The third kappa shape index (κ3) is 2.72. The summed E-state index contributed by atoms with van der Waals surface area (Å²) in [5.74, 6) is 0. The average Bonchev–Trinajstić information content (AvgIpc) is 2.53. The van der Waals surface area contributed by atoms with Gasteiger partial charge in [-0.05, 0) is 5.56 Å². The highest BCUT2D eigenvalue weighted by Gasteiger charge is 1.99. The number of anilines is 1. The van der Waals surface area contributed by atoms with Gasteiger partial charge in [-0.25, -0.2) is 4.98 Å². The van der Waals surface area contributed by atoms with Crippen LogP contribution in [0.4, 0.5) is 5.13 Å². The number of thiazole rings is 1. The third-order valence-electron chi connectivity index (χ3n) is 1.79. The van der Waals surface area contributed by atoms with E-state index in [1.54, 1.807) is 11.3 Å². The molecule has 0 unspecified atom stereocenters. The van der Waals surface area contributed by atoms with Crippen LogP contribution >= 0.6 is 23.7 Å². The Balaban J connectivity index is 0.000000980. The Bertz CT molecular complexity index is 386. The highest BCUT2D eigenvalue weighted by Crippen LogP contribution is 2.17. The topological polar surface area (TPSA) is 38.9 Å². The van der Waals surface area contributed by atoms with Crippen molar-refractivity contribution in [3.05, 3.63) is 47.0 Å². The van der Waals surface area contributed by atoms with Crippen LogP contribution in [0.5, 0.6) is 0 Å². The van der Waals surface area contributed by atoms with E-state index in [-0.39, 0.29) is 12.4 Å². The molecule has 2 nitrogen and oxygen atoms in total. The number of nitrogens with zero attached hydrogens (tertiary/aromatic N) is 1. The monoisotopic (exact) mass is 226 g/mol. The van der Waals surface area contributed by atoms with Gasteiger partial charge in [-0.2, -0.15) is 0 Å². The zero-order chi connectivity index (χ0) is 9.10. The minimum Gasteiger partial charge on any atom is -0.375 e. The molecule has 0 aliphatic carbocycles. The number of nitrogen functional groups attached to an aromatic ring is 1. The molecule has 1 heterocycles. The molecule has 14 heavy (non-hydrogen) atoms. The third-order valence-corrected chi connectivity index (χ3v) is 2.62. The van der Waals surface area contributed by atoms with E-state index < -0.39 is 0 Å². The second-order valence-electron chi connectivity index (χ2n) is 2.83. The molecule has 0 aliphatic heterocycles. The smallest absolute Gasteiger partial charge is 0.180 e. The highest BCUT2D eigenvalue weighted by atomic mass is 35.5. The van der Waals surface area contributed by atoms with E-state index in [4.69, 9.17) is 5.73 Å². The van der Waals surface area contributed by atoms with Gasteiger partial charge < -0.3 is 5.73 Å². The number of hydrogen-bond donors (Lipinski definition) is 1. The molecule has 1 aromatic heterocycles. The average molecular weight is 227 g/mol. The van der Waals surface area contributed by atoms with E-state index in [1.165, 1.54) is 10.4 Å². The first-order valence-electron chi connectivity index (χ1n) is 4.09. The summed E-state index contributed by atoms with van der Waals surface area (Å²) in [5, 5.41) is 0.644. The van der Waals surface area contributed by atoms with Crippen molar-refractivity contribution in [2.75, 3.05) is 5.73 Å². The molecular weight excluding hydrogens is 216 g/mol. The molecule has 0 saturated carbocycles. The fourth-order valence-electron chi connectivity index (χ4n) is 1.20. The summed E-state index contributed by atoms with van der Waals surface area (Å²) in [6, 6.07) is 10.3. The van der Waals surface area contributed by atoms with Gasteiger partial charge >= 0.3 is 0 Å². The van der Waals surface area contributed by atoms with Gasteiger partial charge in [-0.1, -0.05) is 30.3 Å². The molecule has 0 bridgehead atoms. The molecule has 4 heteroatoms. The first-order valence-corrected chi connectivity index (χ1v) is 4.90. The summed E-state index contributed by atoms with van der Waals surface area (Å²) in [4.78, 5) is 5.22. The van der Waals surface area contributed by atoms with Crippen LogP contribution in [-0.2, 0) is 6.42 Å². The molecule has 74 valence electrons. The van der Waals surface area contributed by atoms with Crippen molar-refractivity contribution in [2.45, 2.75) is 6.42 Å². The lowest BCUT2D eigenvalue weighted by molar-refractivity contribution is 1.22. The summed E-state index contributed by atoms with van der Waals surface area (Å²) in [7, 11) is 0. The van der Waals surface area contributed by atoms with Gasteiger partial charge in [0.05, 0.1) is 0 Å². The summed E-state index contributed by atoms with van der Waals surface area (Å²) in [5.41, 5.74) is 6.84. The SMILES string of the molecule is Cl.Nc1ncc(Cc2ccccc2)s1. The number of hydrogen-bond acceptors (Lipinski definition) is 3. The van der Waals surface area contributed by atoms with E-state index in [0.717, 1.165) is 6.42 Å². The summed E-state index contributed by atoms with van der Waals surface area (Å²) < 4.78 is 0. The van der Waals surface area contributed by atoms with Crippen molar-refractivity contribution in [3.63, 3.8) is 0 Å². The van der Waals surface area contributed by atoms with Gasteiger partial charge in [0.15, 0.2) is 5.13 Å². The van der Waals surface area contributed by atoms with E-state index >= 15 is 0 Å². The summed E-state index contributed by atoms with van der Waals surface area (Å²) in [6.07, 6.45) is 2.77. The van der Waals surface area contributed by atoms with Crippen LogP contribution < -0.4 is 5.73 Å². The Morgan fingerprint density at radius 3 is 2.50 bits per heavy atom. The zero-order valence-electron chi connectivity index (χ0n) is 7.51. The first kappa shape index (κ1) is 11.0. The quantitative estimate of drug-likeness (QED) is 0.855. The van der Waals surface area contributed by atoms with Crippen molar-refractivity contribution in [1.29, 1.82) is 0 Å². The van der Waals surface area contributed by atoms with E-state index in [9.17, 15) is 0 Å². The molecule has 0 saturated heterocycles. The minimum atomic E-state index is 0. The number of benzene rings is 1. The predicted molar refractivity (Wildman–Crippen MR) is 63.0 cm³/mol. The van der Waals surface area contributed by atoms with E-state index in [2.05, 4.69) is 17.1 Å². The second-order valence-corrected chi connectivity index (χ2v) is 3.97. The van der Waals surface area contributed by atoms with E-state index in [0.29, 0.717) is 5.13 Å². The number of nitrogens with two attached hydrogens (primary N) is 1. The predicted octanol–water partition coefficient (Wildman–Crippen LogP) is 2.74. The Hall–Kier alpha value is -1.06. The van der Waals surface area contributed by atoms with Crippen LogP contribution in [0.3, 0.4) is 0 Å². The maximum atomic E-state index is 5.54. The Morgan fingerprint density at radius 2 is 1.93 bits per heavy atom. The number of aromatic nitrogens is 1. The van der Waals surface area contributed by atoms with Crippen molar-refractivity contribution in [3.8, 4) is 0 Å². The molecule has 2 rings (SSSR count). The molecular formula is C10H11ClN2S. The fourth-order valence-corrected chi connectivity index (χ4v) is 1.92. The van der Waals surface area contributed by atoms with Gasteiger partial charge in [0.2, 0.25) is 0 Å². The van der Waals surface area contributed by atoms with Crippen LogP contribution in [0.25, 0.3) is 0 Å². The first-order chi connectivity index (χ1) is 6.34. The number of rotatable bonds is 2. The van der Waals surface area contributed by atoms with Crippen molar-refractivity contribution in [2.24, 2.45) is 0 Å². The van der Waals surface area contributed by atoms with Crippen LogP contribution in [0, 0.1) is 0 Å². The van der Waals surface area contributed by atoms with Gasteiger partial charge in [-0.3, -0.25) is 0 Å². The Morgan fingerprint density at radius 1 is 1.21 bits per heavy atom. The molecule has 0 amide bonds. The van der Waals surface area contributed by atoms with E-state index in [1.807, 2.05) is 24.4 Å². The molecule has 0 radical (unpaired) electrons. The number of halogens is 1. The fraction of sp³-hybridized carbons (Fsp3) is 0.100. The van der Waals surface area contributed by atoms with Crippen LogP contribution in [0.1, 0.15) is 10.4 Å².